The standard InChI is InChI=1S/C25H35ClN2O4S/c1-4-28(24-20-8-17-7-18(10-20)11-21(24)9-17)25(29)19-5-6-22(26)23(12-19)33(30,31)27-13-15(2)32-16(3)14-27/h5-6,12,15-18,20-21,24H,4,7-11,13-14H2,1-3H3. The fourth-order valence-electron chi connectivity index (χ4n) is 7.36. The average molecular weight is 495 g/mol. The second-order valence-electron chi connectivity index (χ2n) is 10.7. The number of hydrogen-bond donors (Lipinski definition) is 0. The van der Waals surface area contributed by atoms with Crippen LogP contribution in [0.4, 0.5) is 0 Å². The van der Waals surface area contributed by atoms with Crippen LogP contribution in [0.1, 0.15) is 63.2 Å². The van der Waals surface area contributed by atoms with E-state index >= 15 is 0 Å². The van der Waals surface area contributed by atoms with Crippen LogP contribution < -0.4 is 0 Å². The average Bonchev–Trinajstić information content (AvgIpc) is 2.75. The van der Waals surface area contributed by atoms with Crippen molar-refractivity contribution in [3.63, 3.8) is 0 Å². The Kier molecular flexibility index (Phi) is 6.30. The molecule has 4 bridgehead atoms. The van der Waals surface area contributed by atoms with Crippen LogP contribution in [0.5, 0.6) is 0 Å². The van der Waals surface area contributed by atoms with Gasteiger partial charge in [-0.1, -0.05) is 11.6 Å². The number of halogens is 1. The van der Waals surface area contributed by atoms with E-state index in [2.05, 4.69) is 0 Å². The maximum atomic E-state index is 13.7. The molecule has 5 aliphatic rings. The van der Waals surface area contributed by atoms with Gasteiger partial charge in [0.2, 0.25) is 10.0 Å². The summed E-state index contributed by atoms with van der Waals surface area (Å²) in [6.07, 6.45) is 5.91. The van der Waals surface area contributed by atoms with Gasteiger partial charge in [0.25, 0.3) is 5.91 Å². The minimum atomic E-state index is -3.84. The summed E-state index contributed by atoms with van der Waals surface area (Å²) in [5.74, 6) is 2.76. The predicted octanol–water partition coefficient (Wildman–Crippen LogP) is 4.42. The molecule has 0 radical (unpaired) electrons. The predicted molar refractivity (Wildman–Crippen MR) is 128 cm³/mol. The third-order valence-electron chi connectivity index (χ3n) is 8.32. The number of morpholine rings is 1. The number of ether oxygens (including phenoxy) is 1. The van der Waals surface area contributed by atoms with E-state index in [1.54, 1.807) is 12.1 Å². The van der Waals surface area contributed by atoms with Crippen LogP contribution in [0.2, 0.25) is 5.02 Å². The molecule has 0 aromatic heterocycles. The molecule has 1 aromatic rings. The maximum Gasteiger partial charge on any atom is 0.254 e. The van der Waals surface area contributed by atoms with Crippen molar-refractivity contribution in [2.75, 3.05) is 19.6 Å². The maximum absolute atomic E-state index is 13.7. The lowest BCUT2D eigenvalue weighted by Gasteiger charge is -2.57. The van der Waals surface area contributed by atoms with E-state index in [1.165, 1.54) is 42.5 Å². The highest BCUT2D eigenvalue weighted by Gasteiger charge is 2.50. The second-order valence-corrected chi connectivity index (χ2v) is 13.1. The Bertz CT molecular complexity index is 991. The van der Waals surface area contributed by atoms with E-state index in [0.717, 1.165) is 11.8 Å². The van der Waals surface area contributed by atoms with Gasteiger partial charge in [-0.3, -0.25) is 4.79 Å². The van der Waals surface area contributed by atoms with E-state index < -0.39 is 10.0 Å². The molecule has 1 heterocycles. The van der Waals surface area contributed by atoms with E-state index in [-0.39, 0.29) is 47.2 Å². The van der Waals surface area contributed by atoms with Crippen molar-refractivity contribution in [3.05, 3.63) is 28.8 Å². The smallest absolute Gasteiger partial charge is 0.254 e. The molecule has 8 heteroatoms. The lowest BCUT2D eigenvalue weighted by molar-refractivity contribution is -0.0543. The zero-order valence-electron chi connectivity index (χ0n) is 19.7. The van der Waals surface area contributed by atoms with E-state index in [1.807, 2.05) is 25.7 Å². The first-order valence-corrected chi connectivity index (χ1v) is 14.2. The first-order chi connectivity index (χ1) is 15.7. The van der Waals surface area contributed by atoms with Gasteiger partial charge in [-0.15, -0.1) is 0 Å². The molecule has 182 valence electrons. The van der Waals surface area contributed by atoms with Crippen LogP contribution in [0.15, 0.2) is 23.1 Å². The molecule has 6 nitrogen and oxygen atoms in total. The summed E-state index contributed by atoms with van der Waals surface area (Å²) in [5, 5.41) is 0.149. The molecule has 4 aliphatic carbocycles. The third-order valence-corrected chi connectivity index (χ3v) is 10.6. The van der Waals surface area contributed by atoms with Crippen molar-refractivity contribution in [1.29, 1.82) is 0 Å². The van der Waals surface area contributed by atoms with Gasteiger partial charge in [0, 0.05) is 31.2 Å². The summed E-state index contributed by atoms with van der Waals surface area (Å²) in [6.45, 7) is 6.95. The van der Waals surface area contributed by atoms with Gasteiger partial charge in [0.05, 0.1) is 17.2 Å². The summed E-state index contributed by atoms with van der Waals surface area (Å²) in [7, 11) is -3.84. The second kappa shape index (κ2) is 8.81. The number of carbonyl (C=O) groups is 1. The normalized spacial score (nSPS) is 36.2. The zero-order chi connectivity index (χ0) is 23.5. The number of carbonyl (C=O) groups excluding carboxylic acids is 1. The minimum absolute atomic E-state index is 0.0115. The molecule has 0 spiro atoms. The molecule has 5 fully saturated rings. The molecule has 2 atom stereocenters. The monoisotopic (exact) mass is 494 g/mol. The molecule has 2 unspecified atom stereocenters. The van der Waals surface area contributed by atoms with Gasteiger partial charge < -0.3 is 9.64 Å². The SMILES string of the molecule is CCN(C(=O)c1ccc(Cl)c(S(=O)(=O)N2CC(C)OC(C)C2)c1)C1C2CC3CC(C2)CC1C3. The Balaban J connectivity index is 1.43. The van der Waals surface area contributed by atoms with Crippen LogP contribution >= 0.6 is 11.6 Å². The van der Waals surface area contributed by atoms with Gasteiger partial charge in [0.15, 0.2) is 0 Å². The molecule has 1 aromatic carbocycles. The number of hydrogen-bond acceptors (Lipinski definition) is 4. The Morgan fingerprint density at radius 1 is 1.06 bits per heavy atom. The van der Waals surface area contributed by atoms with E-state index in [4.69, 9.17) is 16.3 Å². The number of sulfonamides is 1. The Morgan fingerprint density at radius 2 is 1.64 bits per heavy atom. The van der Waals surface area contributed by atoms with Crippen molar-refractivity contribution in [2.24, 2.45) is 23.7 Å². The quantitative estimate of drug-likeness (QED) is 0.607. The van der Waals surface area contributed by atoms with Crippen molar-refractivity contribution >= 4 is 27.5 Å². The molecule has 33 heavy (non-hydrogen) atoms. The van der Waals surface area contributed by atoms with Gasteiger partial charge in [-0.05, 0) is 94.7 Å². The molecule has 6 rings (SSSR count). The fraction of sp³-hybridized carbons (Fsp3) is 0.720. The Morgan fingerprint density at radius 3 is 2.18 bits per heavy atom. The summed E-state index contributed by atoms with van der Waals surface area (Å²) >= 11 is 6.38. The van der Waals surface area contributed by atoms with Crippen LogP contribution in [0, 0.1) is 23.7 Å². The van der Waals surface area contributed by atoms with Crippen molar-refractivity contribution in [2.45, 2.75) is 76.0 Å². The number of benzene rings is 1. The largest absolute Gasteiger partial charge is 0.373 e. The van der Waals surface area contributed by atoms with Crippen LogP contribution in [-0.4, -0.2) is 61.4 Å². The molecule has 0 N–H and O–H groups in total. The molecule has 1 amide bonds. The summed E-state index contributed by atoms with van der Waals surface area (Å²) in [5.41, 5.74) is 0.406. The molecular formula is C25H35ClN2O4S. The van der Waals surface area contributed by atoms with Gasteiger partial charge in [0.1, 0.15) is 4.90 Å². The highest BCUT2D eigenvalue weighted by Crippen LogP contribution is 2.55. The third kappa shape index (κ3) is 4.24. The molecule has 4 saturated carbocycles. The summed E-state index contributed by atoms with van der Waals surface area (Å²) < 4.78 is 34.1. The number of nitrogens with zero attached hydrogens (tertiary/aromatic N) is 2. The van der Waals surface area contributed by atoms with Crippen LogP contribution in [0.3, 0.4) is 0 Å². The first kappa shape index (κ1) is 23.6. The van der Waals surface area contributed by atoms with Crippen molar-refractivity contribution < 1.29 is 17.9 Å². The van der Waals surface area contributed by atoms with Crippen LogP contribution in [0.25, 0.3) is 0 Å². The van der Waals surface area contributed by atoms with Crippen LogP contribution in [-0.2, 0) is 14.8 Å². The molecule has 1 saturated heterocycles. The number of rotatable bonds is 5. The van der Waals surface area contributed by atoms with Crippen molar-refractivity contribution in [1.82, 2.24) is 9.21 Å². The Labute approximate surface area is 202 Å². The Hall–Kier alpha value is -1.15. The lowest BCUT2D eigenvalue weighted by Crippen LogP contribution is -2.57. The molecule has 1 aliphatic heterocycles. The zero-order valence-corrected chi connectivity index (χ0v) is 21.3. The van der Waals surface area contributed by atoms with Crippen molar-refractivity contribution in [3.8, 4) is 0 Å². The fourth-order valence-corrected chi connectivity index (χ4v) is 9.45. The summed E-state index contributed by atoms with van der Waals surface area (Å²) in [4.78, 5) is 15.8. The minimum Gasteiger partial charge on any atom is -0.373 e. The highest BCUT2D eigenvalue weighted by molar-refractivity contribution is 7.89. The number of amides is 1. The summed E-state index contributed by atoms with van der Waals surface area (Å²) in [6, 6.07) is 4.99. The van der Waals surface area contributed by atoms with Gasteiger partial charge in [-0.25, -0.2) is 8.42 Å². The van der Waals surface area contributed by atoms with E-state index in [0.29, 0.717) is 23.9 Å². The highest BCUT2D eigenvalue weighted by atomic mass is 35.5. The molecular weight excluding hydrogens is 460 g/mol. The topological polar surface area (TPSA) is 66.9 Å². The first-order valence-electron chi connectivity index (χ1n) is 12.4. The van der Waals surface area contributed by atoms with Gasteiger partial charge in [-0.2, -0.15) is 4.31 Å². The van der Waals surface area contributed by atoms with E-state index in [9.17, 15) is 13.2 Å². The van der Waals surface area contributed by atoms with Gasteiger partial charge >= 0.3 is 0 Å². The lowest BCUT2D eigenvalue weighted by atomic mass is 9.54.